The van der Waals surface area contributed by atoms with E-state index < -0.39 is 0 Å². The second kappa shape index (κ2) is 5.79. The Labute approximate surface area is 120 Å². The van der Waals surface area contributed by atoms with Crippen LogP contribution in [0.4, 0.5) is 10.3 Å². The number of nitrogens with two attached hydrogens (primary N) is 1. The summed E-state index contributed by atoms with van der Waals surface area (Å²) in [5.74, 6) is 0.515. The van der Waals surface area contributed by atoms with Gasteiger partial charge in [0.05, 0.1) is 0 Å². The minimum Gasteiger partial charge on any atom is -0.368 e. The third kappa shape index (κ3) is 3.19. The molecule has 0 aliphatic rings. The standard InChI is InChI=1S/C12H14ClFN4S/c1-7(2)18-11(15)16-17-12(18)19-6-8-5-9(13)3-4-10(8)14/h3-5,7H,6H2,1-2H3,(H2,15,16). The fourth-order valence-corrected chi connectivity index (χ4v) is 2.91. The first-order chi connectivity index (χ1) is 8.99. The van der Waals surface area contributed by atoms with Gasteiger partial charge in [-0.25, -0.2) is 4.39 Å². The average Bonchev–Trinajstić information content (AvgIpc) is 2.72. The van der Waals surface area contributed by atoms with E-state index in [9.17, 15) is 4.39 Å². The summed E-state index contributed by atoms with van der Waals surface area (Å²) in [7, 11) is 0. The van der Waals surface area contributed by atoms with Crippen LogP contribution in [-0.4, -0.2) is 14.8 Å². The summed E-state index contributed by atoms with van der Waals surface area (Å²) in [5.41, 5.74) is 6.28. The third-order valence-corrected chi connectivity index (χ3v) is 3.80. The molecule has 1 heterocycles. The smallest absolute Gasteiger partial charge is 0.222 e. The summed E-state index contributed by atoms with van der Waals surface area (Å²) in [4.78, 5) is 0. The summed E-state index contributed by atoms with van der Waals surface area (Å²) < 4.78 is 15.4. The zero-order valence-electron chi connectivity index (χ0n) is 10.6. The Kier molecular flexibility index (Phi) is 4.31. The summed E-state index contributed by atoms with van der Waals surface area (Å²) in [6, 6.07) is 4.66. The maximum Gasteiger partial charge on any atom is 0.222 e. The fraction of sp³-hybridized carbons (Fsp3) is 0.333. The number of nitrogens with zero attached hydrogens (tertiary/aromatic N) is 3. The van der Waals surface area contributed by atoms with Gasteiger partial charge in [-0.05, 0) is 37.6 Å². The summed E-state index contributed by atoms with van der Waals surface area (Å²) in [6.07, 6.45) is 0. The van der Waals surface area contributed by atoms with Crippen molar-refractivity contribution in [2.24, 2.45) is 0 Å². The molecule has 0 unspecified atom stereocenters. The fourth-order valence-electron chi connectivity index (χ4n) is 1.67. The quantitative estimate of drug-likeness (QED) is 0.878. The molecule has 1 aromatic carbocycles. The van der Waals surface area contributed by atoms with Crippen molar-refractivity contribution in [3.63, 3.8) is 0 Å². The molecule has 0 saturated carbocycles. The van der Waals surface area contributed by atoms with Crippen molar-refractivity contribution in [3.05, 3.63) is 34.6 Å². The van der Waals surface area contributed by atoms with E-state index in [-0.39, 0.29) is 11.9 Å². The molecule has 0 saturated heterocycles. The molecule has 0 fully saturated rings. The Hall–Kier alpha value is -1.27. The maximum absolute atomic E-state index is 13.6. The van der Waals surface area contributed by atoms with Crippen LogP contribution in [-0.2, 0) is 5.75 Å². The zero-order valence-corrected chi connectivity index (χ0v) is 12.2. The van der Waals surface area contributed by atoms with Gasteiger partial charge in [-0.3, -0.25) is 4.57 Å². The van der Waals surface area contributed by atoms with E-state index >= 15 is 0 Å². The Morgan fingerprint density at radius 1 is 1.42 bits per heavy atom. The molecule has 0 bridgehead atoms. The molecule has 19 heavy (non-hydrogen) atoms. The van der Waals surface area contributed by atoms with Gasteiger partial charge in [-0.1, -0.05) is 23.4 Å². The number of hydrogen-bond donors (Lipinski definition) is 1. The van der Waals surface area contributed by atoms with E-state index in [4.69, 9.17) is 17.3 Å². The molecule has 2 N–H and O–H groups in total. The Morgan fingerprint density at radius 2 is 2.16 bits per heavy atom. The highest BCUT2D eigenvalue weighted by Crippen LogP contribution is 2.27. The van der Waals surface area contributed by atoms with Crippen molar-refractivity contribution in [1.29, 1.82) is 0 Å². The van der Waals surface area contributed by atoms with E-state index in [0.717, 1.165) is 0 Å². The number of aromatic nitrogens is 3. The molecular weight excluding hydrogens is 287 g/mol. The van der Waals surface area contributed by atoms with Gasteiger partial charge in [-0.15, -0.1) is 10.2 Å². The van der Waals surface area contributed by atoms with Crippen LogP contribution < -0.4 is 5.73 Å². The van der Waals surface area contributed by atoms with Crippen LogP contribution in [0, 0.1) is 5.82 Å². The van der Waals surface area contributed by atoms with Crippen LogP contribution in [0.1, 0.15) is 25.5 Å². The van der Waals surface area contributed by atoms with E-state index in [1.54, 1.807) is 6.07 Å². The van der Waals surface area contributed by atoms with Crippen molar-refractivity contribution in [2.75, 3.05) is 5.73 Å². The van der Waals surface area contributed by atoms with Gasteiger partial charge >= 0.3 is 0 Å². The van der Waals surface area contributed by atoms with Gasteiger partial charge in [0.25, 0.3) is 0 Å². The predicted molar refractivity (Wildman–Crippen MR) is 75.8 cm³/mol. The lowest BCUT2D eigenvalue weighted by Gasteiger charge is -2.11. The van der Waals surface area contributed by atoms with Gasteiger partial charge in [0.15, 0.2) is 5.16 Å². The first kappa shape index (κ1) is 14.1. The van der Waals surface area contributed by atoms with Crippen molar-refractivity contribution < 1.29 is 4.39 Å². The van der Waals surface area contributed by atoms with Crippen LogP contribution in [0.3, 0.4) is 0 Å². The number of thioether (sulfide) groups is 1. The van der Waals surface area contributed by atoms with Crippen molar-refractivity contribution in [3.8, 4) is 0 Å². The number of benzene rings is 1. The van der Waals surface area contributed by atoms with Gasteiger partial charge in [-0.2, -0.15) is 0 Å². The first-order valence-corrected chi connectivity index (χ1v) is 7.12. The summed E-state index contributed by atoms with van der Waals surface area (Å²) in [5, 5.41) is 9.03. The average molecular weight is 301 g/mol. The molecule has 2 rings (SSSR count). The number of anilines is 1. The van der Waals surface area contributed by atoms with Gasteiger partial charge in [0, 0.05) is 16.8 Å². The molecule has 7 heteroatoms. The van der Waals surface area contributed by atoms with Crippen LogP contribution in [0.5, 0.6) is 0 Å². The highest BCUT2D eigenvalue weighted by atomic mass is 35.5. The summed E-state index contributed by atoms with van der Waals surface area (Å²) >= 11 is 7.24. The molecule has 4 nitrogen and oxygen atoms in total. The maximum atomic E-state index is 13.6. The topological polar surface area (TPSA) is 56.7 Å². The molecule has 0 amide bonds. The van der Waals surface area contributed by atoms with Crippen LogP contribution in [0.25, 0.3) is 0 Å². The monoisotopic (exact) mass is 300 g/mol. The lowest BCUT2D eigenvalue weighted by atomic mass is 10.2. The molecule has 0 radical (unpaired) electrons. The molecule has 0 aliphatic heterocycles. The van der Waals surface area contributed by atoms with Crippen molar-refractivity contribution in [1.82, 2.24) is 14.8 Å². The number of rotatable bonds is 4. The zero-order chi connectivity index (χ0) is 14.0. The van der Waals surface area contributed by atoms with E-state index in [2.05, 4.69) is 10.2 Å². The van der Waals surface area contributed by atoms with E-state index in [0.29, 0.717) is 27.4 Å². The van der Waals surface area contributed by atoms with Gasteiger partial charge in [0.1, 0.15) is 5.82 Å². The molecule has 0 atom stereocenters. The molecule has 0 spiro atoms. The van der Waals surface area contributed by atoms with Crippen molar-refractivity contribution in [2.45, 2.75) is 30.8 Å². The third-order valence-electron chi connectivity index (χ3n) is 2.57. The van der Waals surface area contributed by atoms with Crippen LogP contribution in [0.15, 0.2) is 23.4 Å². The highest BCUT2D eigenvalue weighted by Gasteiger charge is 2.14. The summed E-state index contributed by atoms with van der Waals surface area (Å²) in [6.45, 7) is 3.98. The Balaban J connectivity index is 2.17. The lowest BCUT2D eigenvalue weighted by Crippen LogP contribution is -2.07. The van der Waals surface area contributed by atoms with Crippen LogP contribution >= 0.6 is 23.4 Å². The predicted octanol–water partition coefficient (Wildman–Crippen LogP) is 3.53. The van der Waals surface area contributed by atoms with Gasteiger partial charge in [0.2, 0.25) is 5.95 Å². The second-order valence-corrected chi connectivity index (χ2v) is 5.71. The number of hydrogen-bond acceptors (Lipinski definition) is 4. The Bertz CT molecular complexity index is 585. The first-order valence-electron chi connectivity index (χ1n) is 5.76. The molecular formula is C12H14ClFN4S. The lowest BCUT2D eigenvalue weighted by molar-refractivity contribution is 0.557. The largest absolute Gasteiger partial charge is 0.368 e. The van der Waals surface area contributed by atoms with Crippen LogP contribution in [0.2, 0.25) is 5.02 Å². The molecule has 102 valence electrons. The highest BCUT2D eigenvalue weighted by molar-refractivity contribution is 7.98. The Morgan fingerprint density at radius 3 is 2.84 bits per heavy atom. The normalized spacial score (nSPS) is 11.2. The minimum absolute atomic E-state index is 0.154. The SMILES string of the molecule is CC(C)n1c(N)nnc1SCc1cc(Cl)ccc1F. The van der Waals surface area contributed by atoms with Crippen molar-refractivity contribution >= 4 is 29.3 Å². The van der Waals surface area contributed by atoms with E-state index in [1.807, 2.05) is 18.4 Å². The molecule has 1 aromatic heterocycles. The molecule has 0 aliphatic carbocycles. The minimum atomic E-state index is -0.277. The van der Waals surface area contributed by atoms with Gasteiger partial charge < -0.3 is 5.73 Å². The number of nitrogen functional groups attached to an aromatic ring is 1. The van der Waals surface area contributed by atoms with E-state index in [1.165, 1.54) is 23.9 Å². The number of halogens is 2. The second-order valence-electron chi connectivity index (χ2n) is 4.33. The molecule has 2 aromatic rings.